The number of amides is 2. The Morgan fingerprint density at radius 2 is 1.68 bits per heavy atom. The van der Waals surface area contributed by atoms with Crippen LogP contribution in [0.3, 0.4) is 0 Å². The fourth-order valence-electron chi connectivity index (χ4n) is 1.75. The van der Waals surface area contributed by atoms with Crippen LogP contribution in [0, 0.1) is 5.82 Å². The maximum atomic E-state index is 12.8. The van der Waals surface area contributed by atoms with Gasteiger partial charge in [0.05, 0.1) is 0 Å². The molecular formula is C16H15FN2O3. The molecule has 0 aromatic heterocycles. The standard InChI is InChI=1S/C16H15FN2O3/c17-12-3-1-11(2-4-12)10-22-14-7-5-13(6-8-14)19-16(21)9-15(18)20/h1-8H,9-10H2,(H2,18,20)(H,19,21). The van der Waals surface area contributed by atoms with Gasteiger partial charge in [0.1, 0.15) is 24.6 Å². The predicted molar refractivity (Wildman–Crippen MR) is 79.6 cm³/mol. The van der Waals surface area contributed by atoms with Gasteiger partial charge in [0.15, 0.2) is 0 Å². The molecule has 2 aromatic carbocycles. The average molecular weight is 302 g/mol. The number of halogens is 1. The molecule has 0 heterocycles. The Bertz CT molecular complexity index is 654. The molecule has 2 aromatic rings. The Labute approximate surface area is 126 Å². The van der Waals surface area contributed by atoms with Crippen molar-refractivity contribution in [2.75, 3.05) is 5.32 Å². The summed E-state index contributed by atoms with van der Waals surface area (Å²) < 4.78 is 18.3. The lowest BCUT2D eigenvalue weighted by atomic mass is 10.2. The zero-order chi connectivity index (χ0) is 15.9. The number of anilines is 1. The third kappa shape index (κ3) is 4.90. The Hall–Kier alpha value is -2.89. The molecule has 114 valence electrons. The molecule has 22 heavy (non-hydrogen) atoms. The number of nitrogens with two attached hydrogens (primary N) is 1. The molecule has 0 bridgehead atoms. The molecule has 0 atom stereocenters. The van der Waals surface area contributed by atoms with Gasteiger partial charge in [-0.25, -0.2) is 4.39 Å². The van der Waals surface area contributed by atoms with Crippen LogP contribution >= 0.6 is 0 Å². The van der Waals surface area contributed by atoms with Gasteiger partial charge in [-0.3, -0.25) is 9.59 Å². The topological polar surface area (TPSA) is 81.4 Å². The highest BCUT2D eigenvalue weighted by atomic mass is 19.1. The Morgan fingerprint density at radius 3 is 2.27 bits per heavy atom. The number of carbonyl (C=O) groups excluding carboxylic acids is 2. The Kier molecular flexibility index (Phi) is 5.08. The van der Waals surface area contributed by atoms with Crippen molar-refractivity contribution < 1.29 is 18.7 Å². The van der Waals surface area contributed by atoms with Gasteiger partial charge in [0, 0.05) is 5.69 Å². The summed E-state index contributed by atoms with van der Waals surface area (Å²) in [6.45, 7) is 0.313. The van der Waals surface area contributed by atoms with Crippen LogP contribution in [-0.4, -0.2) is 11.8 Å². The van der Waals surface area contributed by atoms with E-state index in [1.165, 1.54) is 12.1 Å². The number of nitrogens with one attached hydrogen (secondary N) is 1. The van der Waals surface area contributed by atoms with Crippen LogP contribution in [0.25, 0.3) is 0 Å². The SMILES string of the molecule is NC(=O)CC(=O)Nc1ccc(OCc2ccc(F)cc2)cc1. The number of rotatable bonds is 6. The van der Waals surface area contributed by atoms with Crippen molar-refractivity contribution in [1.82, 2.24) is 0 Å². The largest absolute Gasteiger partial charge is 0.489 e. The lowest BCUT2D eigenvalue weighted by Crippen LogP contribution is -2.21. The van der Waals surface area contributed by atoms with Gasteiger partial charge < -0.3 is 15.8 Å². The van der Waals surface area contributed by atoms with E-state index < -0.39 is 11.8 Å². The predicted octanol–water partition coefficient (Wildman–Crippen LogP) is 2.22. The minimum atomic E-state index is -0.684. The molecule has 0 radical (unpaired) electrons. The second-order valence-corrected chi connectivity index (χ2v) is 4.63. The first-order chi connectivity index (χ1) is 10.5. The highest BCUT2D eigenvalue weighted by Crippen LogP contribution is 2.17. The van der Waals surface area contributed by atoms with Crippen molar-refractivity contribution in [2.45, 2.75) is 13.0 Å². The fourth-order valence-corrected chi connectivity index (χ4v) is 1.75. The molecule has 0 spiro atoms. The maximum absolute atomic E-state index is 12.8. The van der Waals surface area contributed by atoms with E-state index in [1.807, 2.05) is 0 Å². The molecule has 0 fully saturated rings. The molecule has 0 aliphatic rings. The molecule has 6 heteroatoms. The number of hydrogen-bond acceptors (Lipinski definition) is 3. The van der Waals surface area contributed by atoms with E-state index in [0.29, 0.717) is 18.0 Å². The van der Waals surface area contributed by atoms with Crippen molar-refractivity contribution in [2.24, 2.45) is 5.73 Å². The molecule has 5 nitrogen and oxygen atoms in total. The molecular weight excluding hydrogens is 287 g/mol. The number of benzene rings is 2. The molecule has 2 rings (SSSR count). The van der Waals surface area contributed by atoms with E-state index >= 15 is 0 Å². The van der Waals surface area contributed by atoms with Gasteiger partial charge in [-0.05, 0) is 42.0 Å². The first-order valence-corrected chi connectivity index (χ1v) is 6.58. The highest BCUT2D eigenvalue weighted by molar-refractivity contribution is 6.03. The molecule has 0 unspecified atom stereocenters. The van der Waals surface area contributed by atoms with Gasteiger partial charge in [0.25, 0.3) is 0 Å². The summed E-state index contributed by atoms with van der Waals surface area (Å²) in [5.41, 5.74) is 6.32. The third-order valence-electron chi connectivity index (χ3n) is 2.79. The summed E-state index contributed by atoms with van der Waals surface area (Å²) in [6.07, 6.45) is -0.358. The summed E-state index contributed by atoms with van der Waals surface area (Å²) in [6, 6.07) is 12.7. The summed E-state index contributed by atoms with van der Waals surface area (Å²) >= 11 is 0. The van der Waals surface area contributed by atoms with Gasteiger partial charge in [-0.1, -0.05) is 12.1 Å². The van der Waals surface area contributed by atoms with Crippen LogP contribution in [0.15, 0.2) is 48.5 Å². The lowest BCUT2D eigenvalue weighted by molar-refractivity contribution is -0.124. The van der Waals surface area contributed by atoms with E-state index in [-0.39, 0.29) is 12.2 Å². The van der Waals surface area contributed by atoms with Gasteiger partial charge in [-0.2, -0.15) is 0 Å². The normalized spacial score (nSPS) is 10.0. The first kappa shape index (κ1) is 15.5. The van der Waals surface area contributed by atoms with E-state index in [9.17, 15) is 14.0 Å². The van der Waals surface area contributed by atoms with E-state index in [1.54, 1.807) is 36.4 Å². The Balaban J connectivity index is 1.87. The monoisotopic (exact) mass is 302 g/mol. The quantitative estimate of drug-likeness (QED) is 0.803. The summed E-state index contributed by atoms with van der Waals surface area (Å²) in [5, 5.41) is 2.54. The van der Waals surface area contributed by atoms with E-state index in [0.717, 1.165) is 5.56 Å². The number of hydrogen-bond donors (Lipinski definition) is 2. The molecule has 0 saturated heterocycles. The number of primary amides is 1. The van der Waals surface area contributed by atoms with Crippen LogP contribution in [0.4, 0.5) is 10.1 Å². The smallest absolute Gasteiger partial charge is 0.233 e. The van der Waals surface area contributed by atoms with Gasteiger partial charge >= 0.3 is 0 Å². The molecule has 0 aliphatic carbocycles. The molecule has 3 N–H and O–H groups in total. The van der Waals surface area contributed by atoms with Crippen LogP contribution in [0.2, 0.25) is 0 Å². The average Bonchev–Trinajstić information content (AvgIpc) is 2.47. The third-order valence-corrected chi connectivity index (χ3v) is 2.79. The summed E-state index contributed by atoms with van der Waals surface area (Å²) in [5.74, 6) is -0.832. The molecule has 0 aliphatic heterocycles. The molecule has 0 saturated carbocycles. The van der Waals surface area contributed by atoms with Crippen LogP contribution in [0.5, 0.6) is 5.75 Å². The van der Waals surface area contributed by atoms with Crippen LogP contribution in [-0.2, 0) is 16.2 Å². The van der Waals surface area contributed by atoms with Crippen molar-refractivity contribution in [3.05, 3.63) is 59.9 Å². The van der Waals surface area contributed by atoms with E-state index in [2.05, 4.69) is 5.32 Å². The number of carbonyl (C=O) groups is 2. The van der Waals surface area contributed by atoms with Crippen LogP contribution < -0.4 is 15.8 Å². The molecule has 2 amide bonds. The number of ether oxygens (including phenoxy) is 1. The lowest BCUT2D eigenvalue weighted by Gasteiger charge is -2.08. The highest BCUT2D eigenvalue weighted by Gasteiger charge is 2.06. The second-order valence-electron chi connectivity index (χ2n) is 4.63. The minimum absolute atomic E-state index is 0.292. The Morgan fingerprint density at radius 1 is 1.05 bits per heavy atom. The van der Waals surface area contributed by atoms with E-state index in [4.69, 9.17) is 10.5 Å². The maximum Gasteiger partial charge on any atom is 0.233 e. The van der Waals surface area contributed by atoms with Crippen LogP contribution in [0.1, 0.15) is 12.0 Å². The first-order valence-electron chi connectivity index (χ1n) is 6.58. The minimum Gasteiger partial charge on any atom is -0.489 e. The van der Waals surface area contributed by atoms with Crippen molar-refractivity contribution in [3.8, 4) is 5.75 Å². The summed E-state index contributed by atoms with van der Waals surface area (Å²) in [4.78, 5) is 22.0. The zero-order valence-electron chi connectivity index (χ0n) is 11.7. The fraction of sp³-hybridized carbons (Fsp3) is 0.125. The van der Waals surface area contributed by atoms with Crippen molar-refractivity contribution in [1.29, 1.82) is 0 Å². The van der Waals surface area contributed by atoms with Crippen molar-refractivity contribution in [3.63, 3.8) is 0 Å². The van der Waals surface area contributed by atoms with Crippen molar-refractivity contribution >= 4 is 17.5 Å². The van der Waals surface area contributed by atoms with Gasteiger partial charge in [0.2, 0.25) is 11.8 Å². The zero-order valence-corrected chi connectivity index (χ0v) is 11.7. The second kappa shape index (κ2) is 7.21. The summed E-state index contributed by atoms with van der Waals surface area (Å²) in [7, 11) is 0. The van der Waals surface area contributed by atoms with Gasteiger partial charge in [-0.15, -0.1) is 0 Å².